The third-order valence-electron chi connectivity index (χ3n) is 4.09. The van der Waals surface area contributed by atoms with Crippen molar-refractivity contribution >= 4 is 5.91 Å². The molecule has 2 aromatic rings. The highest BCUT2D eigenvalue weighted by Crippen LogP contribution is 2.18. The second-order valence-electron chi connectivity index (χ2n) is 7.29. The molecule has 4 nitrogen and oxygen atoms in total. The Morgan fingerprint density at radius 2 is 1.67 bits per heavy atom. The van der Waals surface area contributed by atoms with Gasteiger partial charge in [-0.05, 0) is 88.4 Å². The molecule has 0 aromatic heterocycles. The van der Waals surface area contributed by atoms with E-state index >= 15 is 0 Å². The van der Waals surface area contributed by atoms with Crippen molar-refractivity contribution in [1.82, 2.24) is 5.32 Å². The third kappa shape index (κ3) is 7.33. The van der Waals surface area contributed by atoms with E-state index in [1.807, 2.05) is 52.0 Å². The molecule has 1 atom stereocenters. The largest absolute Gasteiger partial charge is 0.491 e. The number of ether oxygens (including phenoxy) is 2. The number of amides is 1. The summed E-state index contributed by atoms with van der Waals surface area (Å²) in [5.41, 5.74) is 3.46. The van der Waals surface area contributed by atoms with Crippen LogP contribution < -0.4 is 14.8 Å². The van der Waals surface area contributed by atoms with Gasteiger partial charge in [-0.25, -0.2) is 0 Å². The van der Waals surface area contributed by atoms with Crippen molar-refractivity contribution in [3.63, 3.8) is 0 Å². The molecule has 27 heavy (non-hydrogen) atoms. The fourth-order valence-electron chi connectivity index (χ4n) is 2.95. The molecule has 2 rings (SSSR count). The topological polar surface area (TPSA) is 47.6 Å². The van der Waals surface area contributed by atoms with Crippen molar-refractivity contribution in [2.45, 2.75) is 59.7 Å². The molecule has 1 N–H and O–H groups in total. The maximum absolute atomic E-state index is 12.2. The maximum atomic E-state index is 12.2. The van der Waals surface area contributed by atoms with Gasteiger partial charge >= 0.3 is 0 Å². The van der Waals surface area contributed by atoms with Crippen LogP contribution in [0.2, 0.25) is 0 Å². The fourth-order valence-corrected chi connectivity index (χ4v) is 2.95. The molecule has 146 valence electrons. The Hall–Kier alpha value is -2.49. The van der Waals surface area contributed by atoms with E-state index < -0.39 is 6.10 Å². The normalized spacial score (nSPS) is 11.9. The summed E-state index contributed by atoms with van der Waals surface area (Å²) in [5.74, 6) is 1.53. The summed E-state index contributed by atoms with van der Waals surface area (Å²) >= 11 is 0. The van der Waals surface area contributed by atoms with E-state index in [4.69, 9.17) is 9.47 Å². The van der Waals surface area contributed by atoms with E-state index in [9.17, 15) is 4.79 Å². The van der Waals surface area contributed by atoms with Gasteiger partial charge in [-0.1, -0.05) is 18.2 Å². The van der Waals surface area contributed by atoms with Gasteiger partial charge < -0.3 is 14.8 Å². The van der Waals surface area contributed by atoms with Gasteiger partial charge in [0, 0.05) is 6.54 Å². The summed E-state index contributed by atoms with van der Waals surface area (Å²) < 4.78 is 11.5. The van der Waals surface area contributed by atoms with E-state index in [0.29, 0.717) is 6.54 Å². The van der Waals surface area contributed by atoms with Gasteiger partial charge in [-0.15, -0.1) is 0 Å². The Morgan fingerprint density at radius 1 is 0.963 bits per heavy atom. The van der Waals surface area contributed by atoms with Gasteiger partial charge in [-0.2, -0.15) is 0 Å². The predicted octanol–water partition coefficient (Wildman–Crippen LogP) is 4.61. The van der Waals surface area contributed by atoms with E-state index in [2.05, 4.69) is 23.5 Å². The first-order chi connectivity index (χ1) is 12.8. The first-order valence-corrected chi connectivity index (χ1v) is 9.62. The predicted molar refractivity (Wildman–Crippen MR) is 110 cm³/mol. The summed E-state index contributed by atoms with van der Waals surface area (Å²) in [6, 6.07) is 14.1. The summed E-state index contributed by atoms with van der Waals surface area (Å²) in [6.45, 7) is 10.5. The number of carbonyl (C=O) groups is 1. The Bertz CT molecular complexity index is 735. The number of benzene rings is 2. The molecule has 0 radical (unpaired) electrons. The highest BCUT2D eigenvalue weighted by Gasteiger charge is 2.14. The molecule has 0 heterocycles. The molecule has 0 bridgehead atoms. The van der Waals surface area contributed by atoms with Crippen LogP contribution in [0.4, 0.5) is 0 Å². The molecule has 0 spiro atoms. The van der Waals surface area contributed by atoms with Crippen molar-refractivity contribution in [3.8, 4) is 11.5 Å². The van der Waals surface area contributed by atoms with E-state index in [0.717, 1.165) is 35.5 Å². The van der Waals surface area contributed by atoms with E-state index in [-0.39, 0.29) is 12.0 Å². The van der Waals surface area contributed by atoms with Crippen LogP contribution in [0.25, 0.3) is 0 Å². The number of aryl methyl sites for hydroxylation is 3. The maximum Gasteiger partial charge on any atom is 0.260 e. The summed E-state index contributed by atoms with van der Waals surface area (Å²) in [4.78, 5) is 12.2. The first kappa shape index (κ1) is 20.8. The summed E-state index contributed by atoms with van der Waals surface area (Å²) in [7, 11) is 0. The van der Waals surface area contributed by atoms with Gasteiger partial charge in [0.1, 0.15) is 11.5 Å². The zero-order chi connectivity index (χ0) is 19.8. The average molecular weight is 370 g/mol. The Morgan fingerprint density at radius 3 is 2.33 bits per heavy atom. The Labute approximate surface area is 162 Å². The lowest BCUT2D eigenvalue weighted by atomic mass is 10.1. The molecular weight excluding hydrogens is 338 g/mol. The lowest BCUT2D eigenvalue weighted by Crippen LogP contribution is -2.37. The number of nitrogens with one attached hydrogen (secondary N) is 1. The van der Waals surface area contributed by atoms with Crippen molar-refractivity contribution in [1.29, 1.82) is 0 Å². The van der Waals surface area contributed by atoms with Crippen LogP contribution in [0.5, 0.6) is 11.5 Å². The van der Waals surface area contributed by atoms with Crippen LogP contribution in [-0.2, 0) is 11.2 Å². The van der Waals surface area contributed by atoms with Gasteiger partial charge in [0.25, 0.3) is 5.91 Å². The van der Waals surface area contributed by atoms with Crippen LogP contribution in [-0.4, -0.2) is 24.7 Å². The number of hydrogen-bond acceptors (Lipinski definition) is 3. The number of hydrogen-bond donors (Lipinski definition) is 1. The summed E-state index contributed by atoms with van der Waals surface area (Å²) in [6.07, 6.45) is 1.40. The van der Waals surface area contributed by atoms with Gasteiger partial charge in [0.2, 0.25) is 0 Å². The lowest BCUT2D eigenvalue weighted by Gasteiger charge is -2.16. The van der Waals surface area contributed by atoms with Crippen molar-refractivity contribution in [2.24, 2.45) is 0 Å². The minimum atomic E-state index is -0.519. The number of rotatable bonds is 9. The molecule has 0 saturated heterocycles. The van der Waals surface area contributed by atoms with Gasteiger partial charge in [0.15, 0.2) is 6.10 Å². The van der Waals surface area contributed by atoms with Crippen molar-refractivity contribution in [3.05, 3.63) is 59.2 Å². The minimum Gasteiger partial charge on any atom is -0.491 e. The fraction of sp³-hybridized carbons (Fsp3) is 0.435. The molecule has 0 aliphatic carbocycles. The monoisotopic (exact) mass is 369 g/mol. The second kappa shape index (κ2) is 10.0. The van der Waals surface area contributed by atoms with Crippen molar-refractivity contribution in [2.75, 3.05) is 6.54 Å². The van der Waals surface area contributed by atoms with Crippen LogP contribution in [0.15, 0.2) is 42.5 Å². The zero-order valence-electron chi connectivity index (χ0n) is 17.0. The quantitative estimate of drug-likeness (QED) is 0.657. The standard InChI is InChI=1S/C23H31NO3/c1-16(2)26-21-10-6-8-20(15-21)9-7-11-24-23(25)19(5)27-22-13-17(3)12-18(4)14-22/h6,8,10,12-16,19H,7,9,11H2,1-5H3,(H,24,25). The van der Waals surface area contributed by atoms with Crippen molar-refractivity contribution < 1.29 is 14.3 Å². The second-order valence-corrected chi connectivity index (χ2v) is 7.29. The first-order valence-electron chi connectivity index (χ1n) is 9.62. The van der Waals surface area contributed by atoms with E-state index in [1.165, 1.54) is 5.56 Å². The molecule has 1 unspecified atom stereocenters. The molecule has 4 heteroatoms. The summed E-state index contributed by atoms with van der Waals surface area (Å²) in [5, 5.41) is 2.95. The molecule has 1 amide bonds. The minimum absolute atomic E-state index is 0.0916. The Balaban J connectivity index is 1.75. The average Bonchev–Trinajstić information content (AvgIpc) is 2.57. The molecular formula is C23H31NO3. The molecule has 0 saturated carbocycles. The molecule has 0 fully saturated rings. The highest BCUT2D eigenvalue weighted by molar-refractivity contribution is 5.80. The number of carbonyl (C=O) groups excluding carboxylic acids is 1. The lowest BCUT2D eigenvalue weighted by molar-refractivity contribution is -0.127. The van der Waals surface area contributed by atoms with Crippen LogP contribution in [0.3, 0.4) is 0 Å². The van der Waals surface area contributed by atoms with E-state index in [1.54, 1.807) is 6.92 Å². The van der Waals surface area contributed by atoms with Gasteiger partial charge in [-0.3, -0.25) is 4.79 Å². The highest BCUT2D eigenvalue weighted by atomic mass is 16.5. The zero-order valence-corrected chi connectivity index (χ0v) is 17.0. The molecule has 0 aliphatic heterocycles. The smallest absolute Gasteiger partial charge is 0.260 e. The van der Waals surface area contributed by atoms with Crippen LogP contribution in [0.1, 0.15) is 43.9 Å². The molecule has 0 aliphatic rings. The van der Waals surface area contributed by atoms with Gasteiger partial charge in [0.05, 0.1) is 6.10 Å². The molecule has 2 aromatic carbocycles. The van der Waals surface area contributed by atoms with Crippen LogP contribution in [0, 0.1) is 13.8 Å². The van der Waals surface area contributed by atoms with Crippen LogP contribution >= 0.6 is 0 Å². The third-order valence-corrected chi connectivity index (χ3v) is 4.09. The Kier molecular flexibility index (Phi) is 7.71. The SMILES string of the molecule is Cc1cc(C)cc(OC(C)C(=O)NCCCc2cccc(OC(C)C)c2)c1.